The van der Waals surface area contributed by atoms with Crippen molar-refractivity contribution in [3.05, 3.63) is 38.0 Å². The molecule has 0 aliphatic heterocycles. The number of aliphatic hydroxyl groups excluding tert-OH is 1. The van der Waals surface area contributed by atoms with Gasteiger partial charge in [-0.15, -0.1) is 22.7 Å². The van der Waals surface area contributed by atoms with Gasteiger partial charge in [0, 0.05) is 16.9 Å². The van der Waals surface area contributed by atoms with E-state index in [-0.39, 0.29) is 12.5 Å². The zero-order valence-corrected chi connectivity index (χ0v) is 12.6. The summed E-state index contributed by atoms with van der Waals surface area (Å²) in [5, 5.41) is 14.4. The minimum atomic E-state index is -0.113. The lowest BCUT2D eigenvalue weighted by atomic mass is 10.2. The molecular weight excluding hydrogens is 292 g/mol. The quantitative estimate of drug-likeness (QED) is 0.851. The van der Waals surface area contributed by atoms with Gasteiger partial charge in [-0.1, -0.05) is 11.8 Å². The van der Waals surface area contributed by atoms with Crippen molar-refractivity contribution in [3.63, 3.8) is 0 Å². The SMILES string of the molecule is Cc1ncc(C(=O)NCc2sccc2C#CCCO)s1. The van der Waals surface area contributed by atoms with E-state index in [0.29, 0.717) is 17.8 Å². The number of aromatic nitrogens is 1. The van der Waals surface area contributed by atoms with Crippen LogP contribution >= 0.6 is 22.7 Å². The zero-order chi connectivity index (χ0) is 14.4. The summed E-state index contributed by atoms with van der Waals surface area (Å²) in [6, 6.07) is 1.92. The van der Waals surface area contributed by atoms with Crippen molar-refractivity contribution in [3.8, 4) is 11.8 Å². The average molecular weight is 306 g/mol. The monoisotopic (exact) mass is 306 g/mol. The molecule has 6 heteroatoms. The van der Waals surface area contributed by atoms with E-state index >= 15 is 0 Å². The molecule has 0 spiro atoms. The molecular formula is C14H14N2O2S2. The number of hydrogen-bond donors (Lipinski definition) is 2. The summed E-state index contributed by atoms with van der Waals surface area (Å²) in [5.41, 5.74) is 0.907. The number of aliphatic hydroxyl groups is 1. The Kier molecular flexibility index (Phi) is 5.30. The van der Waals surface area contributed by atoms with Crippen LogP contribution in [0.4, 0.5) is 0 Å². The Hall–Kier alpha value is -1.68. The van der Waals surface area contributed by atoms with E-state index in [0.717, 1.165) is 15.4 Å². The van der Waals surface area contributed by atoms with E-state index < -0.39 is 0 Å². The predicted molar refractivity (Wildman–Crippen MR) is 80.9 cm³/mol. The second-order valence-electron chi connectivity index (χ2n) is 3.96. The second-order valence-corrected chi connectivity index (χ2v) is 6.19. The fraction of sp³-hybridized carbons (Fsp3) is 0.286. The van der Waals surface area contributed by atoms with Gasteiger partial charge < -0.3 is 10.4 Å². The van der Waals surface area contributed by atoms with E-state index in [1.165, 1.54) is 11.3 Å². The van der Waals surface area contributed by atoms with Crippen LogP contribution in [0.1, 0.15) is 31.5 Å². The van der Waals surface area contributed by atoms with Crippen LogP contribution in [-0.4, -0.2) is 22.6 Å². The molecule has 2 heterocycles. The molecule has 0 atom stereocenters. The molecule has 0 aromatic carbocycles. The number of amides is 1. The number of thiazole rings is 1. The van der Waals surface area contributed by atoms with Gasteiger partial charge in [0.25, 0.3) is 5.91 Å². The first-order valence-corrected chi connectivity index (χ1v) is 7.77. The average Bonchev–Trinajstić information content (AvgIpc) is 3.05. The molecule has 0 saturated carbocycles. The molecule has 2 aromatic rings. The molecule has 0 unspecified atom stereocenters. The van der Waals surface area contributed by atoms with Crippen LogP contribution in [0.3, 0.4) is 0 Å². The van der Waals surface area contributed by atoms with Crippen LogP contribution in [0.2, 0.25) is 0 Å². The van der Waals surface area contributed by atoms with Crippen LogP contribution in [0.5, 0.6) is 0 Å². The van der Waals surface area contributed by atoms with Gasteiger partial charge in [-0.25, -0.2) is 4.98 Å². The first-order chi connectivity index (χ1) is 9.70. The fourth-order valence-electron chi connectivity index (χ4n) is 1.52. The summed E-state index contributed by atoms with van der Waals surface area (Å²) >= 11 is 2.94. The predicted octanol–water partition coefficient (Wildman–Crippen LogP) is 2.18. The molecule has 4 nitrogen and oxygen atoms in total. The molecule has 20 heavy (non-hydrogen) atoms. The second kappa shape index (κ2) is 7.20. The van der Waals surface area contributed by atoms with Crippen molar-refractivity contribution >= 4 is 28.6 Å². The number of hydrogen-bond acceptors (Lipinski definition) is 5. The lowest BCUT2D eigenvalue weighted by molar-refractivity contribution is 0.0955. The van der Waals surface area contributed by atoms with Gasteiger partial charge in [0.15, 0.2) is 0 Å². The highest BCUT2D eigenvalue weighted by atomic mass is 32.1. The van der Waals surface area contributed by atoms with Crippen molar-refractivity contribution in [2.45, 2.75) is 19.9 Å². The third kappa shape index (κ3) is 3.90. The topological polar surface area (TPSA) is 62.2 Å². The molecule has 2 N–H and O–H groups in total. The summed E-state index contributed by atoms with van der Waals surface area (Å²) < 4.78 is 0. The van der Waals surface area contributed by atoms with Crippen LogP contribution in [0.25, 0.3) is 0 Å². The summed E-state index contributed by atoms with van der Waals surface area (Å²) in [6.07, 6.45) is 2.05. The van der Waals surface area contributed by atoms with Gasteiger partial charge >= 0.3 is 0 Å². The standard InChI is InChI=1S/C14H14N2O2S2/c1-10-15-9-13(20-10)14(18)16-8-12-11(5-7-19-12)4-2-3-6-17/h5,7,9,17H,3,6,8H2,1H3,(H,16,18). The van der Waals surface area contributed by atoms with Gasteiger partial charge in [0.1, 0.15) is 4.88 Å². The maximum absolute atomic E-state index is 11.9. The Labute approximate surface area is 125 Å². The Balaban J connectivity index is 1.96. The minimum absolute atomic E-state index is 0.0634. The van der Waals surface area contributed by atoms with Gasteiger partial charge in [0.2, 0.25) is 0 Å². The maximum Gasteiger partial charge on any atom is 0.263 e. The molecule has 0 saturated heterocycles. The third-order valence-electron chi connectivity index (χ3n) is 2.46. The highest BCUT2D eigenvalue weighted by Crippen LogP contribution is 2.16. The van der Waals surface area contributed by atoms with Crippen LogP contribution in [0, 0.1) is 18.8 Å². The van der Waals surface area contributed by atoms with Gasteiger partial charge in [-0.3, -0.25) is 4.79 Å². The van der Waals surface area contributed by atoms with Crippen LogP contribution in [0.15, 0.2) is 17.6 Å². The lowest BCUT2D eigenvalue weighted by Crippen LogP contribution is -2.21. The summed E-state index contributed by atoms with van der Waals surface area (Å²) in [4.78, 5) is 17.6. The summed E-state index contributed by atoms with van der Waals surface area (Å²) in [6.45, 7) is 2.39. The number of carbonyl (C=O) groups excluding carboxylic acids is 1. The minimum Gasteiger partial charge on any atom is -0.395 e. The Morgan fingerprint density at radius 3 is 3.10 bits per heavy atom. The summed E-state index contributed by atoms with van der Waals surface area (Å²) in [7, 11) is 0. The fourth-order valence-corrected chi connectivity index (χ4v) is 2.98. The number of carbonyl (C=O) groups is 1. The Morgan fingerprint density at radius 1 is 1.55 bits per heavy atom. The molecule has 1 amide bonds. The van der Waals surface area contributed by atoms with E-state index in [9.17, 15) is 4.79 Å². The molecule has 104 valence electrons. The number of nitrogens with one attached hydrogen (secondary N) is 1. The number of thiophene rings is 1. The smallest absolute Gasteiger partial charge is 0.263 e. The zero-order valence-electron chi connectivity index (χ0n) is 11.0. The number of rotatable bonds is 4. The summed E-state index contributed by atoms with van der Waals surface area (Å²) in [5.74, 6) is 5.77. The maximum atomic E-state index is 11.9. The Bertz CT molecular complexity index is 649. The Morgan fingerprint density at radius 2 is 2.40 bits per heavy atom. The number of aryl methyl sites for hydroxylation is 1. The van der Waals surface area contributed by atoms with Crippen molar-refractivity contribution in [2.24, 2.45) is 0 Å². The van der Waals surface area contributed by atoms with E-state index in [4.69, 9.17) is 5.11 Å². The van der Waals surface area contributed by atoms with Crippen molar-refractivity contribution in [2.75, 3.05) is 6.61 Å². The third-order valence-corrected chi connectivity index (χ3v) is 4.29. The van der Waals surface area contributed by atoms with Crippen molar-refractivity contribution < 1.29 is 9.90 Å². The number of nitrogens with zero attached hydrogens (tertiary/aromatic N) is 1. The largest absolute Gasteiger partial charge is 0.395 e. The molecule has 0 fully saturated rings. The van der Waals surface area contributed by atoms with Crippen molar-refractivity contribution in [1.29, 1.82) is 0 Å². The van der Waals surface area contributed by atoms with Crippen LogP contribution < -0.4 is 5.32 Å². The highest BCUT2D eigenvalue weighted by Gasteiger charge is 2.10. The van der Waals surface area contributed by atoms with E-state index in [1.807, 2.05) is 18.4 Å². The van der Waals surface area contributed by atoms with Crippen LogP contribution in [-0.2, 0) is 6.54 Å². The molecule has 0 radical (unpaired) electrons. The molecule has 0 aliphatic carbocycles. The van der Waals surface area contributed by atoms with Gasteiger partial charge in [0.05, 0.1) is 24.4 Å². The van der Waals surface area contributed by atoms with E-state index in [1.54, 1.807) is 17.5 Å². The van der Waals surface area contributed by atoms with Gasteiger partial charge in [-0.05, 0) is 18.4 Å². The van der Waals surface area contributed by atoms with Crippen molar-refractivity contribution in [1.82, 2.24) is 10.3 Å². The highest BCUT2D eigenvalue weighted by molar-refractivity contribution is 7.13. The lowest BCUT2D eigenvalue weighted by Gasteiger charge is -2.01. The molecule has 0 aliphatic rings. The molecule has 0 bridgehead atoms. The first-order valence-electron chi connectivity index (χ1n) is 6.07. The first kappa shape index (κ1) is 14.7. The molecule has 2 aromatic heterocycles. The normalized spacial score (nSPS) is 9.90. The molecule has 2 rings (SSSR count). The van der Waals surface area contributed by atoms with E-state index in [2.05, 4.69) is 22.1 Å². The van der Waals surface area contributed by atoms with Gasteiger partial charge in [-0.2, -0.15) is 0 Å².